The monoisotopic (exact) mass is 350 g/mol. The van der Waals surface area contributed by atoms with E-state index >= 15 is 0 Å². The van der Waals surface area contributed by atoms with Crippen LogP contribution in [0, 0.1) is 6.92 Å². The first-order valence-corrected chi connectivity index (χ1v) is 9.01. The first-order valence-electron chi connectivity index (χ1n) is 9.01. The number of piperazine rings is 1. The standard InChI is InChI=1S/C18H30N4O3/c1-4-21-8-10-22(11-9-21)7-5-6-19-16(23)12-15-17(18(24)25)14(2)13-20(15)3/h13H,4-12H2,1-3H3,(H,19,23)(H,24,25). The third-order valence-corrected chi connectivity index (χ3v) is 4.92. The molecule has 2 rings (SSSR count). The van der Waals surface area contributed by atoms with Gasteiger partial charge in [0, 0.05) is 51.7 Å². The summed E-state index contributed by atoms with van der Waals surface area (Å²) in [4.78, 5) is 28.4. The van der Waals surface area contributed by atoms with Crippen LogP contribution in [-0.2, 0) is 18.3 Å². The molecule has 0 spiro atoms. The van der Waals surface area contributed by atoms with Crippen molar-refractivity contribution in [1.82, 2.24) is 19.7 Å². The lowest BCUT2D eigenvalue weighted by Gasteiger charge is -2.33. The van der Waals surface area contributed by atoms with Gasteiger partial charge in [-0.2, -0.15) is 0 Å². The molecule has 0 bridgehead atoms. The van der Waals surface area contributed by atoms with Gasteiger partial charge in [0.25, 0.3) is 0 Å². The second kappa shape index (κ2) is 9.01. The molecule has 0 aromatic carbocycles. The van der Waals surface area contributed by atoms with Crippen molar-refractivity contribution >= 4 is 11.9 Å². The highest BCUT2D eigenvalue weighted by Crippen LogP contribution is 2.16. The molecule has 2 heterocycles. The molecule has 1 saturated heterocycles. The van der Waals surface area contributed by atoms with E-state index in [1.165, 1.54) is 0 Å². The van der Waals surface area contributed by atoms with Crippen molar-refractivity contribution in [2.75, 3.05) is 45.8 Å². The summed E-state index contributed by atoms with van der Waals surface area (Å²) in [6.07, 6.45) is 2.76. The molecule has 7 nitrogen and oxygen atoms in total. The summed E-state index contributed by atoms with van der Waals surface area (Å²) in [7, 11) is 1.78. The summed E-state index contributed by atoms with van der Waals surface area (Å²) in [5.41, 5.74) is 1.48. The SMILES string of the molecule is CCN1CCN(CCCNC(=O)Cc2c(C(=O)O)c(C)cn2C)CC1. The lowest BCUT2D eigenvalue weighted by atomic mass is 10.1. The number of aromatic nitrogens is 1. The zero-order chi connectivity index (χ0) is 18.4. The number of nitrogens with zero attached hydrogens (tertiary/aromatic N) is 3. The number of carbonyl (C=O) groups is 2. The van der Waals surface area contributed by atoms with Gasteiger partial charge in [0.05, 0.1) is 12.0 Å². The van der Waals surface area contributed by atoms with E-state index in [0.29, 0.717) is 17.8 Å². The number of aromatic carboxylic acids is 1. The molecule has 0 saturated carbocycles. The number of carboxylic acids is 1. The number of nitrogens with one attached hydrogen (secondary N) is 1. The van der Waals surface area contributed by atoms with Crippen LogP contribution in [-0.4, -0.2) is 77.2 Å². The molecule has 0 atom stereocenters. The van der Waals surface area contributed by atoms with Crippen molar-refractivity contribution in [2.45, 2.75) is 26.7 Å². The second-order valence-electron chi connectivity index (χ2n) is 6.71. The number of carboxylic acid groups (broad SMARTS) is 1. The highest BCUT2D eigenvalue weighted by Gasteiger charge is 2.20. The molecule has 1 fully saturated rings. The number of carbonyl (C=O) groups excluding carboxylic acids is 1. The summed E-state index contributed by atoms with van der Waals surface area (Å²) in [6.45, 7) is 11.1. The molecule has 2 N–H and O–H groups in total. The van der Waals surface area contributed by atoms with Gasteiger partial charge in [-0.1, -0.05) is 6.92 Å². The summed E-state index contributed by atoms with van der Waals surface area (Å²) in [5, 5.41) is 12.2. The predicted molar refractivity (Wildman–Crippen MR) is 97.0 cm³/mol. The molecule has 140 valence electrons. The van der Waals surface area contributed by atoms with Crippen LogP contribution < -0.4 is 5.32 Å². The fraction of sp³-hybridized carbons (Fsp3) is 0.667. The number of likely N-dealkylation sites (N-methyl/N-ethyl adjacent to an activating group) is 1. The van der Waals surface area contributed by atoms with Gasteiger partial charge in [0.1, 0.15) is 0 Å². The van der Waals surface area contributed by atoms with E-state index in [0.717, 1.165) is 45.7 Å². The summed E-state index contributed by atoms with van der Waals surface area (Å²) < 4.78 is 1.73. The van der Waals surface area contributed by atoms with Crippen LogP contribution in [0.3, 0.4) is 0 Å². The molecule has 1 aromatic rings. The molecule has 1 amide bonds. The van der Waals surface area contributed by atoms with E-state index in [4.69, 9.17) is 0 Å². The molecule has 1 aromatic heterocycles. The van der Waals surface area contributed by atoms with Crippen LogP contribution in [0.1, 0.15) is 35.0 Å². The van der Waals surface area contributed by atoms with E-state index in [-0.39, 0.29) is 17.9 Å². The minimum absolute atomic E-state index is 0.0984. The zero-order valence-corrected chi connectivity index (χ0v) is 15.5. The Labute approximate surface area is 149 Å². The smallest absolute Gasteiger partial charge is 0.337 e. The Morgan fingerprint density at radius 2 is 1.84 bits per heavy atom. The van der Waals surface area contributed by atoms with Gasteiger partial charge in [-0.05, 0) is 32.0 Å². The van der Waals surface area contributed by atoms with Crippen molar-refractivity contribution in [3.05, 3.63) is 23.0 Å². The Balaban J connectivity index is 1.72. The quantitative estimate of drug-likeness (QED) is 0.676. The minimum Gasteiger partial charge on any atom is -0.478 e. The fourth-order valence-electron chi connectivity index (χ4n) is 3.42. The first-order chi connectivity index (χ1) is 11.9. The number of hydrogen-bond acceptors (Lipinski definition) is 4. The normalized spacial score (nSPS) is 16.1. The zero-order valence-electron chi connectivity index (χ0n) is 15.5. The van der Waals surface area contributed by atoms with E-state index in [2.05, 4.69) is 22.0 Å². The Bertz CT molecular complexity index is 604. The number of amides is 1. The molecule has 0 aliphatic carbocycles. The van der Waals surface area contributed by atoms with E-state index < -0.39 is 5.97 Å². The molecular formula is C18H30N4O3. The van der Waals surface area contributed by atoms with Crippen molar-refractivity contribution < 1.29 is 14.7 Å². The van der Waals surface area contributed by atoms with Crippen LogP contribution in [0.4, 0.5) is 0 Å². The van der Waals surface area contributed by atoms with Gasteiger partial charge >= 0.3 is 5.97 Å². The Morgan fingerprint density at radius 3 is 2.44 bits per heavy atom. The Kier molecular flexibility index (Phi) is 7.01. The summed E-state index contributed by atoms with van der Waals surface area (Å²) in [6, 6.07) is 0. The maximum Gasteiger partial charge on any atom is 0.337 e. The van der Waals surface area contributed by atoms with Gasteiger partial charge in [-0.3, -0.25) is 4.79 Å². The average Bonchev–Trinajstić information content (AvgIpc) is 2.85. The average molecular weight is 350 g/mol. The third-order valence-electron chi connectivity index (χ3n) is 4.92. The van der Waals surface area contributed by atoms with E-state index in [1.54, 1.807) is 24.7 Å². The predicted octanol–water partition coefficient (Wildman–Crippen LogP) is 0.718. The van der Waals surface area contributed by atoms with Crippen molar-refractivity contribution in [3.8, 4) is 0 Å². The fourth-order valence-corrected chi connectivity index (χ4v) is 3.42. The highest BCUT2D eigenvalue weighted by molar-refractivity contribution is 5.92. The van der Waals surface area contributed by atoms with Crippen LogP contribution in [0.15, 0.2) is 6.20 Å². The van der Waals surface area contributed by atoms with Gasteiger partial charge < -0.3 is 24.8 Å². The molecular weight excluding hydrogens is 320 g/mol. The second-order valence-corrected chi connectivity index (χ2v) is 6.71. The van der Waals surface area contributed by atoms with Crippen LogP contribution in [0.25, 0.3) is 0 Å². The maximum absolute atomic E-state index is 12.1. The van der Waals surface area contributed by atoms with E-state index in [1.807, 2.05) is 0 Å². The lowest BCUT2D eigenvalue weighted by molar-refractivity contribution is -0.120. The van der Waals surface area contributed by atoms with Crippen molar-refractivity contribution in [2.24, 2.45) is 7.05 Å². The van der Waals surface area contributed by atoms with E-state index in [9.17, 15) is 14.7 Å². The van der Waals surface area contributed by atoms with Gasteiger partial charge in [-0.15, -0.1) is 0 Å². The third kappa shape index (κ3) is 5.31. The summed E-state index contributed by atoms with van der Waals surface area (Å²) in [5.74, 6) is -1.10. The number of aryl methyl sites for hydroxylation is 2. The topological polar surface area (TPSA) is 77.8 Å². The highest BCUT2D eigenvalue weighted by atomic mass is 16.4. The van der Waals surface area contributed by atoms with Gasteiger partial charge in [-0.25, -0.2) is 4.79 Å². The molecule has 0 unspecified atom stereocenters. The molecule has 7 heteroatoms. The Morgan fingerprint density at radius 1 is 1.20 bits per heavy atom. The van der Waals surface area contributed by atoms with Crippen molar-refractivity contribution in [1.29, 1.82) is 0 Å². The largest absolute Gasteiger partial charge is 0.478 e. The first kappa shape index (κ1) is 19.5. The molecule has 1 aliphatic rings. The maximum atomic E-state index is 12.1. The van der Waals surface area contributed by atoms with Gasteiger partial charge in [0.15, 0.2) is 0 Å². The van der Waals surface area contributed by atoms with Gasteiger partial charge in [0.2, 0.25) is 5.91 Å². The lowest BCUT2D eigenvalue weighted by Crippen LogP contribution is -2.46. The Hall–Kier alpha value is -1.86. The molecule has 1 aliphatic heterocycles. The van der Waals surface area contributed by atoms with Crippen molar-refractivity contribution in [3.63, 3.8) is 0 Å². The van der Waals surface area contributed by atoms with Crippen LogP contribution in [0.5, 0.6) is 0 Å². The van der Waals surface area contributed by atoms with Crippen LogP contribution >= 0.6 is 0 Å². The number of rotatable bonds is 8. The number of hydrogen-bond donors (Lipinski definition) is 2. The summed E-state index contributed by atoms with van der Waals surface area (Å²) >= 11 is 0. The minimum atomic E-state index is -0.980. The molecule has 0 radical (unpaired) electrons. The molecule has 25 heavy (non-hydrogen) atoms. The van der Waals surface area contributed by atoms with Crippen LogP contribution in [0.2, 0.25) is 0 Å².